The fourth-order valence-electron chi connectivity index (χ4n) is 2.75. The predicted octanol–water partition coefficient (Wildman–Crippen LogP) is 2.05. The number of Topliss-reactive ketones (excluding diaryl/α,β-unsaturated/α-hetero) is 1. The second-order valence-electron chi connectivity index (χ2n) is 5.36. The van der Waals surface area contributed by atoms with Crippen molar-refractivity contribution in [1.82, 2.24) is 9.97 Å². The Balaban J connectivity index is 1.98. The van der Waals surface area contributed by atoms with E-state index in [0.29, 0.717) is 22.8 Å². The lowest BCUT2D eigenvalue weighted by molar-refractivity contribution is 0.0978. The van der Waals surface area contributed by atoms with Gasteiger partial charge in [0.2, 0.25) is 11.5 Å². The molecule has 25 heavy (non-hydrogen) atoms. The lowest BCUT2D eigenvalue weighted by atomic mass is 9.90. The molecule has 0 saturated heterocycles. The summed E-state index contributed by atoms with van der Waals surface area (Å²) in [6, 6.07) is 3.49. The zero-order valence-electron chi connectivity index (χ0n) is 14.0. The number of ketones is 2. The highest BCUT2D eigenvalue weighted by molar-refractivity contribution is 6.23. The summed E-state index contributed by atoms with van der Waals surface area (Å²) in [7, 11) is 4.55. The van der Waals surface area contributed by atoms with Crippen molar-refractivity contribution in [2.45, 2.75) is 6.42 Å². The van der Waals surface area contributed by atoms with Gasteiger partial charge in [0.1, 0.15) is 12.0 Å². The minimum atomic E-state index is -0.306. The molecule has 0 bridgehead atoms. The molecule has 2 aromatic rings. The van der Waals surface area contributed by atoms with Crippen molar-refractivity contribution in [3.8, 4) is 17.2 Å². The SMILES string of the molecule is COc1cc(CC2=CC(=O)c3ncncc3C2=O)cc(OC)c1OC. The number of carbonyl (C=O) groups is 2. The third-order valence-electron chi connectivity index (χ3n) is 3.91. The zero-order chi connectivity index (χ0) is 18.0. The van der Waals surface area contributed by atoms with E-state index in [2.05, 4.69) is 9.97 Å². The van der Waals surface area contributed by atoms with E-state index in [4.69, 9.17) is 14.2 Å². The fourth-order valence-corrected chi connectivity index (χ4v) is 2.75. The fraction of sp³-hybridized carbons (Fsp3) is 0.222. The smallest absolute Gasteiger partial charge is 0.205 e. The number of methoxy groups -OCH3 is 3. The Morgan fingerprint density at radius 1 is 1.00 bits per heavy atom. The van der Waals surface area contributed by atoms with Gasteiger partial charge in [-0.05, 0) is 23.8 Å². The summed E-state index contributed by atoms with van der Waals surface area (Å²) in [5, 5.41) is 0. The largest absolute Gasteiger partial charge is 0.493 e. The van der Waals surface area contributed by atoms with Gasteiger partial charge in [0.15, 0.2) is 17.3 Å². The number of aromatic nitrogens is 2. The Hall–Kier alpha value is -3.22. The number of allylic oxidation sites excluding steroid dienone is 2. The molecule has 1 heterocycles. The van der Waals surface area contributed by atoms with Gasteiger partial charge in [0.25, 0.3) is 0 Å². The molecule has 0 aliphatic heterocycles. The number of carbonyl (C=O) groups excluding carboxylic acids is 2. The van der Waals surface area contributed by atoms with Gasteiger partial charge < -0.3 is 14.2 Å². The molecule has 0 amide bonds. The number of ether oxygens (including phenoxy) is 3. The zero-order valence-corrected chi connectivity index (χ0v) is 14.0. The topological polar surface area (TPSA) is 87.6 Å². The van der Waals surface area contributed by atoms with E-state index in [9.17, 15) is 9.59 Å². The molecule has 1 aromatic heterocycles. The molecule has 1 aliphatic rings. The van der Waals surface area contributed by atoms with Crippen LogP contribution in [0.15, 0.2) is 36.3 Å². The summed E-state index contributed by atoms with van der Waals surface area (Å²) in [6.07, 6.45) is 4.18. The molecule has 7 heteroatoms. The van der Waals surface area contributed by atoms with Crippen LogP contribution in [-0.2, 0) is 6.42 Å². The number of hydrogen-bond donors (Lipinski definition) is 0. The summed E-state index contributed by atoms with van der Waals surface area (Å²) < 4.78 is 15.9. The molecular weight excluding hydrogens is 324 g/mol. The average Bonchev–Trinajstić information content (AvgIpc) is 2.65. The van der Waals surface area contributed by atoms with Crippen LogP contribution in [0.5, 0.6) is 17.2 Å². The summed E-state index contributed by atoms with van der Waals surface area (Å²) in [4.78, 5) is 32.5. The molecule has 0 atom stereocenters. The number of fused-ring (bicyclic) bond motifs is 1. The standard InChI is InChI=1S/C18H16N2O5/c1-23-14-5-10(6-15(24-2)18(14)25-3)4-11-7-13(21)16-12(17(11)22)8-19-9-20-16/h5-9H,4H2,1-3H3. The van der Waals surface area contributed by atoms with Crippen molar-refractivity contribution in [1.29, 1.82) is 0 Å². The van der Waals surface area contributed by atoms with Gasteiger partial charge >= 0.3 is 0 Å². The van der Waals surface area contributed by atoms with Crippen LogP contribution in [0, 0.1) is 0 Å². The van der Waals surface area contributed by atoms with Crippen molar-refractivity contribution in [3.63, 3.8) is 0 Å². The van der Waals surface area contributed by atoms with Crippen LogP contribution in [0.25, 0.3) is 0 Å². The summed E-state index contributed by atoms with van der Waals surface area (Å²) in [6.45, 7) is 0. The highest BCUT2D eigenvalue weighted by atomic mass is 16.5. The summed E-state index contributed by atoms with van der Waals surface area (Å²) in [5.74, 6) is 0.863. The first-order valence-corrected chi connectivity index (χ1v) is 7.47. The van der Waals surface area contributed by atoms with Crippen LogP contribution in [0.2, 0.25) is 0 Å². The molecule has 1 aliphatic carbocycles. The van der Waals surface area contributed by atoms with Crippen molar-refractivity contribution >= 4 is 11.6 Å². The van der Waals surface area contributed by atoms with Crippen LogP contribution in [0.3, 0.4) is 0 Å². The normalized spacial score (nSPS) is 13.2. The second kappa shape index (κ2) is 6.72. The summed E-state index contributed by atoms with van der Waals surface area (Å²) in [5.41, 5.74) is 1.47. The molecule has 7 nitrogen and oxygen atoms in total. The number of hydrogen-bond acceptors (Lipinski definition) is 7. The van der Waals surface area contributed by atoms with Gasteiger partial charge in [-0.3, -0.25) is 9.59 Å². The maximum absolute atomic E-state index is 12.6. The van der Waals surface area contributed by atoms with Crippen LogP contribution in [-0.4, -0.2) is 42.9 Å². The Morgan fingerprint density at radius 2 is 1.68 bits per heavy atom. The van der Waals surface area contributed by atoms with Crippen LogP contribution in [0.4, 0.5) is 0 Å². The molecule has 128 valence electrons. The van der Waals surface area contributed by atoms with E-state index >= 15 is 0 Å². The van der Waals surface area contributed by atoms with Gasteiger partial charge in [-0.2, -0.15) is 0 Å². The third kappa shape index (κ3) is 2.96. The Labute approximate surface area is 144 Å². The first-order valence-electron chi connectivity index (χ1n) is 7.47. The minimum absolute atomic E-state index is 0.133. The molecule has 0 unspecified atom stereocenters. The van der Waals surface area contributed by atoms with E-state index in [0.717, 1.165) is 5.56 Å². The number of nitrogens with zero attached hydrogens (tertiary/aromatic N) is 2. The summed E-state index contributed by atoms with van der Waals surface area (Å²) >= 11 is 0. The van der Waals surface area contributed by atoms with Gasteiger partial charge in [0.05, 0.1) is 26.9 Å². The first kappa shape index (κ1) is 16.6. The Bertz CT molecular complexity index is 864. The highest BCUT2D eigenvalue weighted by Gasteiger charge is 2.27. The maximum Gasteiger partial charge on any atom is 0.205 e. The van der Waals surface area contributed by atoms with E-state index in [1.165, 1.54) is 39.9 Å². The molecule has 0 fully saturated rings. The van der Waals surface area contributed by atoms with Crippen molar-refractivity contribution in [2.75, 3.05) is 21.3 Å². The van der Waals surface area contributed by atoms with E-state index in [1.54, 1.807) is 12.1 Å². The van der Waals surface area contributed by atoms with E-state index in [1.807, 2.05) is 0 Å². The molecular formula is C18H16N2O5. The average molecular weight is 340 g/mol. The second-order valence-corrected chi connectivity index (χ2v) is 5.36. The van der Waals surface area contributed by atoms with Gasteiger partial charge in [-0.25, -0.2) is 9.97 Å². The third-order valence-corrected chi connectivity index (χ3v) is 3.91. The van der Waals surface area contributed by atoms with Crippen molar-refractivity contribution in [2.24, 2.45) is 0 Å². The molecule has 0 N–H and O–H groups in total. The molecule has 3 rings (SSSR count). The van der Waals surface area contributed by atoms with Crippen LogP contribution < -0.4 is 14.2 Å². The molecule has 0 radical (unpaired) electrons. The van der Waals surface area contributed by atoms with E-state index < -0.39 is 0 Å². The van der Waals surface area contributed by atoms with Gasteiger partial charge in [-0.1, -0.05) is 0 Å². The molecule has 0 spiro atoms. The lowest BCUT2D eigenvalue weighted by Crippen LogP contribution is -2.20. The Kier molecular flexibility index (Phi) is 4.47. The molecule has 1 aromatic carbocycles. The van der Waals surface area contributed by atoms with Crippen LogP contribution >= 0.6 is 0 Å². The number of rotatable bonds is 5. The predicted molar refractivity (Wildman–Crippen MR) is 88.6 cm³/mol. The quantitative estimate of drug-likeness (QED) is 0.823. The Morgan fingerprint density at radius 3 is 2.28 bits per heavy atom. The van der Waals surface area contributed by atoms with Crippen molar-refractivity contribution < 1.29 is 23.8 Å². The first-order chi connectivity index (χ1) is 12.1. The lowest BCUT2D eigenvalue weighted by Gasteiger charge is -2.16. The minimum Gasteiger partial charge on any atom is -0.493 e. The maximum atomic E-state index is 12.6. The van der Waals surface area contributed by atoms with E-state index in [-0.39, 0.29) is 29.2 Å². The number of benzene rings is 1. The van der Waals surface area contributed by atoms with Crippen LogP contribution in [0.1, 0.15) is 26.4 Å². The van der Waals surface area contributed by atoms with Crippen molar-refractivity contribution in [3.05, 3.63) is 53.1 Å². The van der Waals surface area contributed by atoms with Gasteiger partial charge in [-0.15, -0.1) is 0 Å². The highest BCUT2D eigenvalue weighted by Crippen LogP contribution is 2.39. The molecule has 0 saturated carbocycles. The monoisotopic (exact) mass is 340 g/mol. The van der Waals surface area contributed by atoms with Gasteiger partial charge in [0, 0.05) is 18.2 Å².